The van der Waals surface area contributed by atoms with Gasteiger partial charge in [0.25, 0.3) is 10.5 Å². The lowest BCUT2D eigenvalue weighted by Gasteiger charge is -2.12. The first-order valence-corrected chi connectivity index (χ1v) is 10.6. The molecule has 7 nitrogen and oxygen atoms in total. The van der Waals surface area contributed by atoms with Gasteiger partial charge < -0.3 is 14.6 Å². The number of carbonyl (C=O) groups excluding carboxylic acids is 2. The Morgan fingerprint density at radius 2 is 1.83 bits per heavy atom. The molecule has 29 heavy (non-hydrogen) atoms. The number of amides is 2. The van der Waals surface area contributed by atoms with E-state index in [-0.39, 0.29) is 22.1 Å². The van der Waals surface area contributed by atoms with Gasteiger partial charge in [0.15, 0.2) is 0 Å². The van der Waals surface area contributed by atoms with Crippen LogP contribution in [0.5, 0.6) is 0 Å². The van der Waals surface area contributed by atoms with Crippen LogP contribution in [0.2, 0.25) is 5.02 Å². The van der Waals surface area contributed by atoms with Crippen molar-refractivity contribution >= 4 is 52.0 Å². The standard InChI is InChI=1S/C19H17ClN4O3S2/c1-24(2)19(26)29-15-6-4-3-5-14(15)21-16(25)11-28-18-23-22-17(27-18)12-7-9-13(20)10-8-12/h3-10H,11H2,1-2H3,(H,21,25). The number of hydrogen-bond acceptors (Lipinski definition) is 7. The molecule has 3 aromatic rings. The highest BCUT2D eigenvalue weighted by molar-refractivity contribution is 8.13. The molecule has 0 saturated carbocycles. The van der Waals surface area contributed by atoms with Gasteiger partial charge in [-0.1, -0.05) is 35.5 Å². The molecular formula is C19H17ClN4O3S2. The normalized spacial score (nSPS) is 10.6. The summed E-state index contributed by atoms with van der Waals surface area (Å²) in [6.07, 6.45) is 0. The van der Waals surface area contributed by atoms with Crippen LogP contribution in [0.25, 0.3) is 11.5 Å². The Balaban J connectivity index is 1.58. The maximum absolute atomic E-state index is 12.3. The molecule has 0 spiro atoms. The lowest BCUT2D eigenvalue weighted by atomic mass is 10.2. The predicted octanol–water partition coefficient (Wildman–Crippen LogP) is 4.89. The van der Waals surface area contributed by atoms with Gasteiger partial charge in [0.1, 0.15) is 0 Å². The van der Waals surface area contributed by atoms with E-state index in [4.69, 9.17) is 16.0 Å². The minimum atomic E-state index is -0.244. The fourth-order valence-electron chi connectivity index (χ4n) is 2.14. The van der Waals surface area contributed by atoms with Crippen LogP contribution >= 0.6 is 35.1 Å². The number of anilines is 1. The molecule has 1 heterocycles. The molecule has 0 radical (unpaired) electrons. The summed E-state index contributed by atoms with van der Waals surface area (Å²) < 4.78 is 5.58. The third-order valence-corrected chi connectivity index (χ3v) is 5.73. The SMILES string of the molecule is CN(C)C(=O)Sc1ccccc1NC(=O)CSc1nnc(-c2ccc(Cl)cc2)o1. The molecule has 0 bridgehead atoms. The molecule has 150 valence electrons. The number of aromatic nitrogens is 2. The summed E-state index contributed by atoms with van der Waals surface area (Å²) in [4.78, 5) is 26.4. The molecule has 0 saturated heterocycles. The van der Waals surface area contributed by atoms with Crippen molar-refractivity contribution in [3.8, 4) is 11.5 Å². The number of hydrogen-bond donors (Lipinski definition) is 1. The van der Waals surface area contributed by atoms with Gasteiger partial charge in [-0.3, -0.25) is 9.59 Å². The third kappa shape index (κ3) is 5.99. The van der Waals surface area contributed by atoms with Crippen molar-refractivity contribution in [2.24, 2.45) is 0 Å². The lowest BCUT2D eigenvalue weighted by molar-refractivity contribution is -0.113. The van der Waals surface area contributed by atoms with E-state index in [2.05, 4.69) is 15.5 Å². The summed E-state index contributed by atoms with van der Waals surface area (Å²) in [7, 11) is 3.35. The Kier molecular flexibility index (Phi) is 7.18. The molecule has 0 aliphatic heterocycles. The summed E-state index contributed by atoms with van der Waals surface area (Å²) >= 11 is 8.05. The number of nitrogens with zero attached hydrogens (tertiary/aromatic N) is 3. The summed E-state index contributed by atoms with van der Waals surface area (Å²) in [5, 5.41) is 11.5. The summed E-state index contributed by atoms with van der Waals surface area (Å²) in [6.45, 7) is 0. The second kappa shape index (κ2) is 9.82. The van der Waals surface area contributed by atoms with Gasteiger partial charge in [-0.25, -0.2) is 0 Å². The Labute approximate surface area is 181 Å². The molecule has 0 aliphatic rings. The minimum Gasteiger partial charge on any atom is -0.411 e. The quantitative estimate of drug-likeness (QED) is 0.536. The van der Waals surface area contributed by atoms with E-state index in [1.54, 1.807) is 56.6 Å². The largest absolute Gasteiger partial charge is 0.411 e. The van der Waals surface area contributed by atoms with Crippen molar-refractivity contribution < 1.29 is 14.0 Å². The van der Waals surface area contributed by atoms with Crippen LogP contribution in [0.15, 0.2) is 63.1 Å². The van der Waals surface area contributed by atoms with Crippen LogP contribution in [0.1, 0.15) is 0 Å². The number of nitrogens with one attached hydrogen (secondary N) is 1. The van der Waals surface area contributed by atoms with Gasteiger partial charge in [0.2, 0.25) is 11.8 Å². The first-order valence-electron chi connectivity index (χ1n) is 8.42. The Bertz CT molecular complexity index is 1010. The number of carbonyl (C=O) groups is 2. The summed E-state index contributed by atoms with van der Waals surface area (Å²) in [5.41, 5.74) is 1.32. The van der Waals surface area contributed by atoms with E-state index in [9.17, 15) is 9.59 Å². The number of para-hydroxylation sites is 1. The van der Waals surface area contributed by atoms with E-state index in [1.807, 2.05) is 6.07 Å². The molecule has 2 aromatic carbocycles. The fourth-order valence-corrected chi connectivity index (χ4v) is 3.57. The van der Waals surface area contributed by atoms with Crippen LogP contribution in [-0.4, -0.2) is 46.1 Å². The first kappa shape index (κ1) is 21.2. The van der Waals surface area contributed by atoms with E-state index in [1.165, 1.54) is 4.90 Å². The van der Waals surface area contributed by atoms with E-state index >= 15 is 0 Å². The summed E-state index contributed by atoms with van der Waals surface area (Å²) in [5.74, 6) is 0.197. The van der Waals surface area contributed by atoms with Crippen molar-refractivity contribution in [2.75, 3.05) is 25.2 Å². The van der Waals surface area contributed by atoms with E-state index in [0.717, 1.165) is 29.1 Å². The zero-order chi connectivity index (χ0) is 20.8. The van der Waals surface area contributed by atoms with Crippen molar-refractivity contribution in [1.82, 2.24) is 15.1 Å². The molecule has 0 atom stereocenters. The maximum atomic E-state index is 12.3. The number of halogens is 1. The van der Waals surface area contributed by atoms with Crippen molar-refractivity contribution in [3.05, 3.63) is 53.6 Å². The zero-order valence-electron chi connectivity index (χ0n) is 15.6. The van der Waals surface area contributed by atoms with Crippen molar-refractivity contribution in [1.29, 1.82) is 0 Å². The summed E-state index contributed by atoms with van der Waals surface area (Å²) in [6, 6.07) is 14.2. The monoisotopic (exact) mass is 448 g/mol. The average Bonchev–Trinajstić information content (AvgIpc) is 3.17. The molecule has 2 amide bonds. The second-order valence-corrected chi connectivity index (χ2v) is 8.33. The van der Waals surface area contributed by atoms with Gasteiger partial charge in [-0.15, -0.1) is 10.2 Å². The third-order valence-electron chi connectivity index (χ3n) is 3.55. The van der Waals surface area contributed by atoms with Gasteiger partial charge >= 0.3 is 0 Å². The van der Waals surface area contributed by atoms with Crippen LogP contribution in [-0.2, 0) is 4.79 Å². The van der Waals surface area contributed by atoms with Gasteiger partial charge in [0.05, 0.1) is 11.4 Å². The van der Waals surface area contributed by atoms with Gasteiger partial charge in [0, 0.05) is 29.6 Å². The minimum absolute atomic E-state index is 0.0862. The highest BCUT2D eigenvalue weighted by Crippen LogP contribution is 2.29. The van der Waals surface area contributed by atoms with Crippen LogP contribution in [0.4, 0.5) is 10.5 Å². The molecule has 3 rings (SSSR count). The second-order valence-electron chi connectivity index (χ2n) is 5.98. The number of rotatable bonds is 6. The predicted molar refractivity (Wildman–Crippen MR) is 115 cm³/mol. The van der Waals surface area contributed by atoms with Crippen LogP contribution in [0.3, 0.4) is 0 Å². The number of benzene rings is 2. The molecule has 1 aromatic heterocycles. The van der Waals surface area contributed by atoms with Crippen LogP contribution < -0.4 is 5.32 Å². The number of thioether (sulfide) groups is 2. The molecule has 1 N–H and O–H groups in total. The zero-order valence-corrected chi connectivity index (χ0v) is 18.0. The van der Waals surface area contributed by atoms with Crippen molar-refractivity contribution in [2.45, 2.75) is 10.1 Å². The average molecular weight is 449 g/mol. The Morgan fingerprint density at radius 3 is 2.55 bits per heavy atom. The van der Waals surface area contributed by atoms with Crippen LogP contribution in [0, 0.1) is 0 Å². The van der Waals surface area contributed by atoms with E-state index < -0.39 is 0 Å². The Hall–Kier alpha value is -2.49. The smallest absolute Gasteiger partial charge is 0.286 e. The molecule has 0 unspecified atom stereocenters. The molecule has 10 heteroatoms. The highest BCUT2D eigenvalue weighted by Gasteiger charge is 2.14. The fraction of sp³-hybridized carbons (Fsp3) is 0.158. The highest BCUT2D eigenvalue weighted by atomic mass is 35.5. The maximum Gasteiger partial charge on any atom is 0.286 e. The van der Waals surface area contributed by atoms with E-state index in [0.29, 0.717) is 21.5 Å². The lowest BCUT2D eigenvalue weighted by Crippen LogP contribution is -2.17. The molecule has 0 fully saturated rings. The molecular weight excluding hydrogens is 432 g/mol. The van der Waals surface area contributed by atoms with Gasteiger partial charge in [-0.05, 0) is 48.2 Å². The van der Waals surface area contributed by atoms with Gasteiger partial charge in [-0.2, -0.15) is 0 Å². The topological polar surface area (TPSA) is 88.3 Å². The Morgan fingerprint density at radius 1 is 1.10 bits per heavy atom. The van der Waals surface area contributed by atoms with Crippen molar-refractivity contribution in [3.63, 3.8) is 0 Å². The molecule has 0 aliphatic carbocycles. The first-order chi connectivity index (χ1) is 13.9.